The third kappa shape index (κ3) is 3.11. The number of hydrogen-bond donors (Lipinski definition) is 2. The SMILES string of the molecule is Cc1cc(CC(=O)N2CCNCC2c2cccnc2)n[nH]1. The molecule has 1 saturated heterocycles. The number of carbonyl (C=O) groups excluding carboxylic acids is 1. The van der Waals surface area contributed by atoms with Gasteiger partial charge in [-0.05, 0) is 24.6 Å². The molecule has 110 valence electrons. The van der Waals surface area contributed by atoms with E-state index < -0.39 is 0 Å². The molecule has 1 fully saturated rings. The first-order valence-corrected chi connectivity index (χ1v) is 7.15. The van der Waals surface area contributed by atoms with Crippen LogP contribution in [0.1, 0.15) is 23.0 Å². The Labute approximate surface area is 123 Å². The number of nitrogens with zero attached hydrogens (tertiary/aromatic N) is 3. The van der Waals surface area contributed by atoms with Crippen molar-refractivity contribution in [2.45, 2.75) is 19.4 Å². The van der Waals surface area contributed by atoms with Gasteiger partial charge in [-0.15, -0.1) is 0 Å². The Morgan fingerprint density at radius 2 is 2.43 bits per heavy atom. The Hall–Kier alpha value is -2.21. The third-order valence-corrected chi connectivity index (χ3v) is 3.72. The van der Waals surface area contributed by atoms with E-state index in [-0.39, 0.29) is 11.9 Å². The molecule has 1 amide bonds. The minimum absolute atomic E-state index is 0.0417. The van der Waals surface area contributed by atoms with Crippen molar-refractivity contribution in [2.24, 2.45) is 0 Å². The second kappa shape index (κ2) is 6.05. The first-order valence-electron chi connectivity index (χ1n) is 7.15. The number of nitrogens with one attached hydrogen (secondary N) is 2. The van der Waals surface area contributed by atoms with Gasteiger partial charge in [0.1, 0.15) is 0 Å². The van der Waals surface area contributed by atoms with E-state index in [4.69, 9.17) is 0 Å². The van der Waals surface area contributed by atoms with E-state index in [0.717, 1.165) is 30.0 Å². The summed E-state index contributed by atoms with van der Waals surface area (Å²) in [6, 6.07) is 5.88. The van der Waals surface area contributed by atoms with Crippen molar-refractivity contribution in [2.75, 3.05) is 19.6 Å². The van der Waals surface area contributed by atoms with Gasteiger partial charge in [0, 0.05) is 37.7 Å². The zero-order valence-corrected chi connectivity index (χ0v) is 12.0. The van der Waals surface area contributed by atoms with Crippen LogP contribution in [-0.2, 0) is 11.2 Å². The van der Waals surface area contributed by atoms with Crippen LogP contribution in [0, 0.1) is 6.92 Å². The molecule has 21 heavy (non-hydrogen) atoms. The predicted octanol–water partition coefficient (Wildman–Crippen LogP) is 0.829. The van der Waals surface area contributed by atoms with E-state index in [1.807, 2.05) is 36.2 Å². The number of pyridine rings is 1. The van der Waals surface area contributed by atoms with Gasteiger partial charge in [0.2, 0.25) is 5.91 Å². The maximum absolute atomic E-state index is 12.6. The molecule has 2 N–H and O–H groups in total. The molecule has 3 rings (SSSR count). The second-order valence-electron chi connectivity index (χ2n) is 5.31. The van der Waals surface area contributed by atoms with Gasteiger partial charge in [-0.1, -0.05) is 6.07 Å². The molecule has 2 aromatic heterocycles. The largest absolute Gasteiger partial charge is 0.333 e. The molecule has 0 saturated carbocycles. The van der Waals surface area contributed by atoms with Gasteiger partial charge in [0.15, 0.2) is 0 Å². The molecule has 6 heteroatoms. The Balaban J connectivity index is 1.76. The number of aryl methyl sites for hydroxylation is 1. The highest BCUT2D eigenvalue weighted by molar-refractivity contribution is 5.79. The fourth-order valence-electron chi connectivity index (χ4n) is 2.70. The molecule has 6 nitrogen and oxygen atoms in total. The minimum atomic E-state index is 0.0417. The number of rotatable bonds is 3. The quantitative estimate of drug-likeness (QED) is 0.876. The lowest BCUT2D eigenvalue weighted by Gasteiger charge is -2.36. The lowest BCUT2D eigenvalue weighted by molar-refractivity contribution is -0.133. The van der Waals surface area contributed by atoms with E-state index in [2.05, 4.69) is 20.5 Å². The first-order chi connectivity index (χ1) is 10.2. The maximum Gasteiger partial charge on any atom is 0.229 e. The lowest BCUT2D eigenvalue weighted by Crippen LogP contribution is -2.49. The van der Waals surface area contributed by atoms with Gasteiger partial charge in [-0.25, -0.2) is 0 Å². The molecule has 0 bridgehead atoms. The van der Waals surface area contributed by atoms with Gasteiger partial charge in [-0.2, -0.15) is 5.10 Å². The smallest absolute Gasteiger partial charge is 0.229 e. The summed E-state index contributed by atoms with van der Waals surface area (Å²) in [7, 11) is 0. The number of H-pyrrole nitrogens is 1. The van der Waals surface area contributed by atoms with Gasteiger partial charge >= 0.3 is 0 Å². The number of aromatic amines is 1. The van der Waals surface area contributed by atoms with E-state index in [0.29, 0.717) is 13.0 Å². The van der Waals surface area contributed by atoms with Crippen molar-refractivity contribution in [1.82, 2.24) is 25.4 Å². The topological polar surface area (TPSA) is 73.9 Å². The molecule has 2 aromatic rings. The summed E-state index contributed by atoms with van der Waals surface area (Å²) in [5.41, 5.74) is 2.83. The lowest BCUT2D eigenvalue weighted by atomic mass is 10.0. The molecule has 3 heterocycles. The summed E-state index contributed by atoms with van der Waals surface area (Å²) in [6.45, 7) is 4.23. The summed E-state index contributed by atoms with van der Waals surface area (Å²) in [6.07, 6.45) is 3.91. The van der Waals surface area contributed by atoms with E-state index in [1.54, 1.807) is 6.20 Å². The molecule has 0 spiro atoms. The predicted molar refractivity (Wildman–Crippen MR) is 78.6 cm³/mol. The molecule has 1 aliphatic rings. The Morgan fingerprint density at radius 3 is 3.14 bits per heavy atom. The molecule has 0 aromatic carbocycles. The fourth-order valence-corrected chi connectivity index (χ4v) is 2.70. The maximum atomic E-state index is 12.6. The van der Waals surface area contributed by atoms with Gasteiger partial charge < -0.3 is 10.2 Å². The number of carbonyl (C=O) groups is 1. The van der Waals surface area contributed by atoms with Crippen molar-refractivity contribution in [1.29, 1.82) is 0 Å². The van der Waals surface area contributed by atoms with Crippen molar-refractivity contribution in [3.8, 4) is 0 Å². The van der Waals surface area contributed by atoms with Gasteiger partial charge in [0.25, 0.3) is 0 Å². The summed E-state index contributed by atoms with van der Waals surface area (Å²) in [5.74, 6) is 0.108. The number of hydrogen-bond acceptors (Lipinski definition) is 4. The van der Waals surface area contributed by atoms with Crippen molar-refractivity contribution >= 4 is 5.91 Å². The number of amides is 1. The minimum Gasteiger partial charge on any atom is -0.333 e. The molecular weight excluding hydrogens is 266 g/mol. The van der Waals surface area contributed by atoms with E-state index in [9.17, 15) is 4.79 Å². The molecule has 0 radical (unpaired) electrons. The van der Waals surface area contributed by atoms with Crippen LogP contribution < -0.4 is 5.32 Å². The highest BCUT2D eigenvalue weighted by Crippen LogP contribution is 2.22. The number of aromatic nitrogens is 3. The Morgan fingerprint density at radius 1 is 1.52 bits per heavy atom. The van der Waals surface area contributed by atoms with Crippen LogP contribution in [-0.4, -0.2) is 45.6 Å². The fraction of sp³-hybridized carbons (Fsp3) is 0.400. The van der Waals surface area contributed by atoms with Crippen molar-refractivity contribution in [3.63, 3.8) is 0 Å². The van der Waals surface area contributed by atoms with E-state index >= 15 is 0 Å². The monoisotopic (exact) mass is 285 g/mol. The van der Waals surface area contributed by atoms with Crippen LogP contribution in [0.5, 0.6) is 0 Å². The van der Waals surface area contributed by atoms with Crippen molar-refractivity contribution in [3.05, 3.63) is 47.5 Å². The average Bonchev–Trinajstić information content (AvgIpc) is 2.93. The van der Waals surface area contributed by atoms with Crippen LogP contribution in [0.25, 0.3) is 0 Å². The summed E-state index contributed by atoms with van der Waals surface area (Å²) < 4.78 is 0. The zero-order valence-electron chi connectivity index (χ0n) is 12.0. The summed E-state index contributed by atoms with van der Waals surface area (Å²) >= 11 is 0. The molecule has 1 atom stereocenters. The van der Waals surface area contributed by atoms with Crippen LogP contribution in [0.15, 0.2) is 30.6 Å². The highest BCUT2D eigenvalue weighted by atomic mass is 16.2. The van der Waals surface area contributed by atoms with Gasteiger partial charge in [-0.3, -0.25) is 14.9 Å². The molecule has 0 aliphatic carbocycles. The van der Waals surface area contributed by atoms with Crippen LogP contribution >= 0.6 is 0 Å². The third-order valence-electron chi connectivity index (χ3n) is 3.72. The van der Waals surface area contributed by atoms with Gasteiger partial charge in [0.05, 0.1) is 18.2 Å². The van der Waals surface area contributed by atoms with Crippen molar-refractivity contribution < 1.29 is 4.79 Å². The second-order valence-corrected chi connectivity index (χ2v) is 5.31. The normalized spacial score (nSPS) is 18.7. The van der Waals surface area contributed by atoms with Crippen LogP contribution in [0.2, 0.25) is 0 Å². The van der Waals surface area contributed by atoms with Crippen LogP contribution in [0.3, 0.4) is 0 Å². The Kier molecular flexibility index (Phi) is 3.96. The molecule has 1 aliphatic heterocycles. The van der Waals surface area contributed by atoms with Crippen LogP contribution in [0.4, 0.5) is 0 Å². The standard InChI is InChI=1S/C15H19N5O/c1-11-7-13(19-18-11)8-15(21)20-6-5-17-10-14(20)12-3-2-4-16-9-12/h2-4,7,9,14,17H,5-6,8,10H2,1H3,(H,18,19). The van der Waals surface area contributed by atoms with E-state index in [1.165, 1.54) is 0 Å². The summed E-state index contributed by atoms with van der Waals surface area (Å²) in [5, 5.41) is 10.4. The zero-order chi connectivity index (χ0) is 14.7. The summed E-state index contributed by atoms with van der Waals surface area (Å²) in [4.78, 5) is 18.7. The molecular formula is C15H19N5O. The Bertz CT molecular complexity index is 610. The highest BCUT2D eigenvalue weighted by Gasteiger charge is 2.28. The first kappa shape index (κ1) is 13.8. The number of piperazine rings is 1. The average molecular weight is 285 g/mol. The molecule has 1 unspecified atom stereocenters.